The summed E-state index contributed by atoms with van der Waals surface area (Å²) in [5, 5.41) is 0. The lowest BCUT2D eigenvalue weighted by Gasteiger charge is -2.59. The third kappa shape index (κ3) is 1.76. The van der Waals surface area contributed by atoms with Gasteiger partial charge in [0.15, 0.2) is 9.84 Å². The molecular weight excluding hydrogens is 324 g/mol. The van der Waals surface area contributed by atoms with Crippen LogP contribution in [0.15, 0.2) is 53.4 Å². The average Bonchev–Trinajstić information content (AvgIpc) is 2.59. The van der Waals surface area contributed by atoms with Crippen LogP contribution in [0.4, 0.5) is 0 Å². The van der Waals surface area contributed by atoms with Gasteiger partial charge in [0.2, 0.25) is 0 Å². The highest BCUT2D eigenvalue weighted by atomic mass is 32.2. The van der Waals surface area contributed by atoms with Crippen molar-refractivity contribution in [1.82, 2.24) is 0 Å². The Morgan fingerprint density at radius 1 is 1.08 bits per heavy atom. The van der Waals surface area contributed by atoms with E-state index in [1.165, 1.54) is 0 Å². The van der Waals surface area contributed by atoms with Gasteiger partial charge in [0.1, 0.15) is 16.2 Å². The second-order valence-corrected chi connectivity index (χ2v) is 9.03. The highest BCUT2D eigenvalue weighted by Gasteiger charge is 2.68. The van der Waals surface area contributed by atoms with Crippen LogP contribution in [-0.2, 0) is 14.6 Å². The fourth-order valence-corrected chi connectivity index (χ4v) is 6.69. The number of benzene rings is 2. The maximum absolute atomic E-state index is 13.6. The first-order valence-corrected chi connectivity index (χ1v) is 9.54. The van der Waals surface area contributed by atoms with Gasteiger partial charge >= 0.3 is 0 Å². The lowest BCUT2D eigenvalue weighted by molar-refractivity contribution is -0.00428. The molecule has 2 aromatic rings. The maximum Gasteiger partial charge on any atom is 0.189 e. The molecule has 0 spiro atoms. The van der Waals surface area contributed by atoms with Gasteiger partial charge in [-0.25, -0.2) is 8.42 Å². The quantitative estimate of drug-likeness (QED) is 0.854. The van der Waals surface area contributed by atoms with Crippen LogP contribution in [0.1, 0.15) is 25.3 Å². The maximum atomic E-state index is 13.6. The summed E-state index contributed by atoms with van der Waals surface area (Å²) >= 11 is 0. The number of hydrogen-bond acceptors (Lipinski definition) is 4. The zero-order chi connectivity index (χ0) is 17.0. The molecule has 1 aliphatic carbocycles. The number of ether oxygens (including phenoxy) is 2. The highest BCUT2D eigenvalue weighted by molar-refractivity contribution is 7.92. The number of fused-ring (bicyclic) bond motifs is 3. The first-order chi connectivity index (χ1) is 11.4. The number of sulfone groups is 1. The minimum atomic E-state index is -3.56. The van der Waals surface area contributed by atoms with Gasteiger partial charge in [-0.1, -0.05) is 25.1 Å². The molecule has 4 rings (SSSR count). The largest absolute Gasteiger partial charge is 0.497 e. The molecule has 126 valence electrons. The molecule has 1 saturated carbocycles. The smallest absolute Gasteiger partial charge is 0.189 e. The van der Waals surface area contributed by atoms with E-state index in [1.54, 1.807) is 31.4 Å². The topological polar surface area (TPSA) is 52.6 Å². The first kappa shape index (κ1) is 15.5. The second kappa shape index (κ2) is 4.99. The Bertz CT molecular complexity index is 891. The SMILES string of the molecule is COc1ccc2c(c1)[C@@]1(S(=O)(=O)c3ccccc3)CC[C@@]1(C)CO2. The van der Waals surface area contributed by atoms with E-state index in [1.807, 2.05) is 31.2 Å². The van der Waals surface area contributed by atoms with Crippen molar-refractivity contribution in [2.24, 2.45) is 5.41 Å². The van der Waals surface area contributed by atoms with Gasteiger partial charge in [-0.05, 0) is 43.2 Å². The average molecular weight is 344 g/mol. The lowest BCUT2D eigenvalue weighted by Crippen LogP contribution is -2.62. The predicted molar refractivity (Wildman–Crippen MR) is 91.1 cm³/mol. The van der Waals surface area contributed by atoms with E-state index in [-0.39, 0.29) is 0 Å². The Morgan fingerprint density at radius 2 is 1.83 bits per heavy atom. The molecule has 2 aliphatic rings. The molecule has 5 heteroatoms. The standard InChI is InChI=1S/C19H20O4S/c1-18-10-11-19(18,24(20,21)15-6-4-3-5-7-15)16-12-14(22-2)8-9-17(16)23-13-18/h3-9,12H,10-11,13H2,1-2H3/t18-,19-/m0/s1. The molecule has 0 bridgehead atoms. The molecule has 0 aromatic heterocycles. The predicted octanol–water partition coefficient (Wildman–Crippen LogP) is 3.56. The van der Waals surface area contributed by atoms with Crippen LogP contribution >= 0.6 is 0 Å². The van der Waals surface area contributed by atoms with Crippen molar-refractivity contribution in [3.8, 4) is 11.5 Å². The third-order valence-electron chi connectivity index (χ3n) is 5.68. The minimum Gasteiger partial charge on any atom is -0.497 e. The second-order valence-electron chi connectivity index (χ2n) is 6.85. The van der Waals surface area contributed by atoms with Gasteiger partial charge in [-0.2, -0.15) is 0 Å². The summed E-state index contributed by atoms with van der Waals surface area (Å²) in [5.41, 5.74) is 0.298. The molecule has 0 N–H and O–H groups in total. The van der Waals surface area contributed by atoms with E-state index in [9.17, 15) is 8.42 Å². The van der Waals surface area contributed by atoms with Crippen molar-refractivity contribution < 1.29 is 17.9 Å². The monoisotopic (exact) mass is 344 g/mol. The van der Waals surface area contributed by atoms with Crippen LogP contribution in [0, 0.1) is 5.41 Å². The molecule has 0 amide bonds. The molecule has 1 heterocycles. The van der Waals surface area contributed by atoms with Crippen molar-refractivity contribution in [2.75, 3.05) is 13.7 Å². The molecule has 1 fully saturated rings. The van der Waals surface area contributed by atoms with Crippen LogP contribution in [0.5, 0.6) is 11.5 Å². The van der Waals surface area contributed by atoms with E-state index in [4.69, 9.17) is 9.47 Å². The Morgan fingerprint density at radius 3 is 2.46 bits per heavy atom. The minimum absolute atomic E-state index is 0.367. The molecule has 0 unspecified atom stereocenters. The Hall–Kier alpha value is -2.01. The molecule has 0 saturated heterocycles. The summed E-state index contributed by atoms with van der Waals surface area (Å²) in [6, 6.07) is 14.2. The Labute approximate surface area is 142 Å². The van der Waals surface area contributed by atoms with E-state index < -0.39 is 20.0 Å². The van der Waals surface area contributed by atoms with Crippen LogP contribution in [0.3, 0.4) is 0 Å². The lowest BCUT2D eigenvalue weighted by atomic mass is 9.57. The van der Waals surface area contributed by atoms with E-state index in [0.717, 1.165) is 12.0 Å². The highest BCUT2D eigenvalue weighted by Crippen LogP contribution is 2.66. The summed E-state index contributed by atoms with van der Waals surface area (Å²) in [6.45, 7) is 2.43. The number of hydrogen-bond donors (Lipinski definition) is 0. The summed E-state index contributed by atoms with van der Waals surface area (Å²) in [6.07, 6.45) is 1.43. The van der Waals surface area contributed by atoms with Gasteiger partial charge in [0, 0.05) is 11.0 Å². The van der Waals surface area contributed by atoms with Gasteiger partial charge < -0.3 is 9.47 Å². The summed E-state index contributed by atoms with van der Waals surface area (Å²) < 4.78 is 37.6. The number of methoxy groups -OCH3 is 1. The molecule has 1 aliphatic heterocycles. The molecule has 2 atom stereocenters. The summed E-state index contributed by atoms with van der Waals surface area (Å²) in [4.78, 5) is 0.367. The summed E-state index contributed by atoms with van der Waals surface area (Å²) in [5.74, 6) is 1.30. The van der Waals surface area contributed by atoms with E-state index >= 15 is 0 Å². The summed E-state index contributed by atoms with van der Waals surface area (Å²) in [7, 11) is -1.97. The fraction of sp³-hybridized carbons (Fsp3) is 0.368. The fourth-order valence-electron chi connectivity index (χ4n) is 4.15. The molecular formula is C19H20O4S. The van der Waals surface area contributed by atoms with Crippen molar-refractivity contribution in [1.29, 1.82) is 0 Å². The van der Waals surface area contributed by atoms with Crippen molar-refractivity contribution in [2.45, 2.75) is 29.4 Å². The van der Waals surface area contributed by atoms with Crippen molar-refractivity contribution >= 4 is 9.84 Å². The van der Waals surface area contributed by atoms with Crippen molar-refractivity contribution in [3.63, 3.8) is 0 Å². The Balaban J connectivity index is 1.99. The molecule has 2 aromatic carbocycles. The first-order valence-electron chi connectivity index (χ1n) is 8.06. The van der Waals surface area contributed by atoms with Crippen LogP contribution < -0.4 is 9.47 Å². The van der Waals surface area contributed by atoms with Gasteiger partial charge in [0.25, 0.3) is 0 Å². The zero-order valence-corrected chi connectivity index (χ0v) is 14.6. The molecule has 24 heavy (non-hydrogen) atoms. The molecule has 4 nitrogen and oxygen atoms in total. The van der Waals surface area contributed by atoms with E-state index in [0.29, 0.717) is 29.4 Å². The van der Waals surface area contributed by atoms with Crippen LogP contribution in [-0.4, -0.2) is 22.1 Å². The Kier molecular flexibility index (Phi) is 3.23. The third-order valence-corrected chi connectivity index (χ3v) is 8.41. The van der Waals surface area contributed by atoms with Gasteiger partial charge in [-0.15, -0.1) is 0 Å². The van der Waals surface area contributed by atoms with Gasteiger partial charge in [0.05, 0.1) is 18.6 Å². The van der Waals surface area contributed by atoms with Crippen molar-refractivity contribution in [3.05, 3.63) is 54.1 Å². The van der Waals surface area contributed by atoms with E-state index in [2.05, 4.69) is 0 Å². The zero-order valence-electron chi connectivity index (χ0n) is 13.8. The van der Waals surface area contributed by atoms with Gasteiger partial charge in [-0.3, -0.25) is 0 Å². The number of rotatable bonds is 3. The van der Waals surface area contributed by atoms with Crippen LogP contribution in [0.25, 0.3) is 0 Å². The molecule has 0 radical (unpaired) electrons. The van der Waals surface area contributed by atoms with Crippen LogP contribution in [0.2, 0.25) is 0 Å². The normalized spacial score (nSPS) is 28.1.